The number of nitrogens with one attached hydrogen (secondary N) is 1. The molecule has 114 valence electrons. The van der Waals surface area contributed by atoms with Crippen molar-refractivity contribution >= 4 is 27.7 Å². The van der Waals surface area contributed by atoms with Crippen molar-refractivity contribution in [2.75, 3.05) is 25.2 Å². The highest BCUT2D eigenvalue weighted by Crippen LogP contribution is 2.24. The zero-order valence-electron chi connectivity index (χ0n) is 12.9. The molecule has 4 heteroatoms. The molecule has 1 aromatic carbocycles. The van der Waals surface area contributed by atoms with Gasteiger partial charge in [0.2, 0.25) is 0 Å². The van der Waals surface area contributed by atoms with Gasteiger partial charge in [0.1, 0.15) is 5.75 Å². The number of ether oxygens (including phenoxy) is 1. The lowest BCUT2D eigenvalue weighted by molar-refractivity contribution is 0.414. The number of likely N-dealkylation sites (N-methyl/N-ethyl adjacent to an activating group) is 1. The van der Waals surface area contributed by atoms with Crippen molar-refractivity contribution in [2.45, 2.75) is 33.2 Å². The maximum atomic E-state index is 5.32. The van der Waals surface area contributed by atoms with E-state index in [2.05, 4.69) is 54.2 Å². The fraction of sp³-hybridized carbons (Fsp3) is 0.625. The number of benzene rings is 1. The summed E-state index contributed by atoms with van der Waals surface area (Å²) < 4.78 is 6.48. The van der Waals surface area contributed by atoms with Crippen LogP contribution in [-0.2, 0) is 6.42 Å². The molecule has 2 nitrogen and oxygen atoms in total. The SMILES string of the molecule is CCNC(CSCC(C)C)Cc1cc(OC)ccc1Br. The van der Waals surface area contributed by atoms with Gasteiger partial charge >= 0.3 is 0 Å². The van der Waals surface area contributed by atoms with Crippen molar-refractivity contribution in [3.63, 3.8) is 0 Å². The highest BCUT2D eigenvalue weighted by Gasteiger charge is 2.12. The van der Waals surface area contributed by atoms with Gasteiger partial charge in [-0.1, -0.05) is 36.7 Å². The molecule has 1 atom stereocenters. The van der Waals surface area contributed by atoms with E-state index in [1.165, 1.54) is 11.3 Å². The summed E-state index contributed by atoms with van der Waals surface area (Å²) in [5.41, 5.74) is 1.31. The Morgan fingerprint density at radius 1 is 1.30 bits per heavy atom. The first-order chi connectivity index (χ1) is 9.56. The molecule has 1 N–H and O–H groups in total. The average molecular weight is 360 g/mol. The molecule has 0 aliphatic carbocycles. The number of halogens is 1. The third kappa shape index (κ3) is 6.51. The van der Waals surface area contributed by atoms with Crippen molar-refractivity contribution in [1.82, 2.24) is 5.32 Å². The van der Waals surface area contributed by atoms with Crippen LogP contribution in [0.2, 0.25) is 0 Å². The Balaban J connectivity index is 2.64. The highest BCUT2D eigenvalue weighted by molar-refractivity contribution is 9.10. The third-order valence-corrected chi connectivity index (χ3v) is 5.30. The molecule has 0 saturated heterocycles. The Bertz CT molecular complexity index is 398. The van der Waals surface area contributed by atoms with Crippen LogP contribution in [0.25, 0.3) is 0 Å². The van der Waals surface area contributed by atoms with Gasteiger partial charge in [-0.05, 0) is 48.4 Å². The fourth-order valence-corrected chi connectivity index (χ4v) is 3.56. The molecule has 0 bridgehead atoms. The number of thioether (sulfide) groups is 1. The molecule has 0 aliphatic heterocycles. The van der Waals surface area contributed by atoms with Crippen molar-refractivity contribution < 1.29 is 4.74 Å². The minimum absolute atomic E-state index is 0.507. The second-order valence-corrected chi connectivity index (χ2v) is 7.28. The molecule has 1 aromatic rings. The summed E-state index contributed by atoms with van der Waals surface area (Å²) in [5.74, 6) is 4.05. The Morgan fingerprint density at radius 2 is 2.05 bits per heavy atom. The van der Waals surface area contributed by atoms with Crippen LogP contribution in [0.5, 0.6) is 5.75 Å². The van der Waals surface area contributed by atoms with E-state index < -0.39 is 0 Å². The summed E-state index contributed by atoms with van der Waals surface area (Å²) in [6.07, 6.45) is 1.02. The number of hydrogen-bond acceptors (Lipinski definition) is 3. The van der Waals surface area contributed by atoms with Gasteiger partial charge in [-0.2, -0.15) is 11.8 Å². The highest BCUT2D eigenvalue weighted by atomic mass is 79.9. The first-order valence-electron chi connectivity index (χ1n) is 7.20. The summed E-state index contributed by atoms with van der Waals surface area (Å²) >= 11 is 5.68. The lowest BCUT2D eigenvalue weighted by Gasteiger charge is -2.19. The Hall–Kier alpha value is -0.190. The molecular weight excluding hydrogens is 334 g/mol. The van der Waals surface area contributed by atoms with E-state index >= 15 is 0 Å². The molecule has 1 rings (SSSR count). The minimum Gasteiger partial charge on any atom is -0.497 e. The Labute approximate surface area is 136 Å². The van der Waals surface area contributed by atoms with Crippen LogP contribution in [0.3, 0.4) is 0 Å². The lowest BCUT2D eigenvalue weighted by atomic mass is 10.1. The van der Waals surface area contributed by atoms with Crippen LogP contribution in [0.15, 0.2) is 22.7 Å². The molecule has 0 heterocycles. The van der Waals surface area contributed by atoms with Gasteiger partial charge in [-0.3, -0.25) is 0 Å². The molecule has 0 aliphatic rings. The fourth-order valence-electron chi connectivity index (χ4n) is 2.02. The Morgan fingerprint density at radius 3 is 2.65 bits per heavy atom. The normalized spacial score (nSPS) is 12.7. The van der Waals surface area contributed by atoms with E-state index in [0.29, 0.717) is 6.04 Å². The predicted octanol–water partition coefficient (Wildman–Crippen LogP) is 4.37. The van der Waals surface area contributed by atoms with Crippen molar-refractivity contribution in [1.29, 1.82) is 0 Å². The van der Waals surface area contributed by atoms with Gasteiger partial charge < -0.3 is 10.1 Å². The average Bonchev–Trinajstić information content (AvgIpc) is 2.41. The van der Waals surface area contributed by atoms with Crippen molar-refractivity contribution in [3.05, 3.63) is 28.2 Å². The topological polar surface area (TPSA) is 21.3 Å². The van der Waals surface area contributed by atoms with Gasteiger partial charge in [0.05, 0.1) is 7.11 Å². The summed E-state index contributed by atoms with van der Waals surface area (Å²) in [4.78, 5) is 0. The number of methoxy groups -OCH3 is 1. The number of rotatable bonds is 9. The van der Waals surface area contributed by atoms with Crippen molar-refractivity contribution in [2.24, 2.45) is 5.92 Å². The molecule has 0 amide bonds. The summed E-state index contributed by atoms with van der Waals surface area (Å²) in [6, 6.07) is 6.69. The number of hydrogen-bond donors (Lipinski definition) is 1. The second kappa shape index (κ2) is 9.69. The van der Waals surface area contributed by atoms with Crippen LogP contribution < -0.4 is 10.1 Å². The first-order valence-corrected chi connectivity index (χ1v) is 9.15. The first kappa shape index (κ1) is 17.9. The van der Waals surface area contributed by atoms with Crippen LogP contribution in [0.1, 0.15) is 26.3 Å². The minimum atomic E-state index is 0.507. The molecule has 0 fully saturated rings. The van der Waals surface area contributed by atoms with E-state index in [4.69, 9.17) is 4.74 Å². The van der Waals surface area contributed by atoms with E-state index in [9.17, 15) is 0 Å². The largest absolute Gasteiger partial charge is 0.497 e. The van der Waals surface area contributed by atoms with Crippen LogP contribution in [0, 0.1) is 5.92 Å². The standard InChI is InChI=1S/C16H26BrNOS/c1-5-18-14(11-20-10-12(2)3)8-13-9-15(19-4)6-7-16(13)17/h6-7,9,12,14,18H,5,8,10-11H2,1-4H3. The molecule has 0 aromatic heterocycles. The van der Waals surface area contributed by atoms with Crippen LogP contribution >= 0.6 is 27.7 Å². The van der Waals surface area contributed by atoms with E-state index in [-0.39, 0.29) is 0 Å². The zero-order chi connectivity index (χ0) is 15.0. The second-order valence-electron chi connectivity index (χ2n) is 5.35. The van der Waals surface area contributed by atoms with Gasteiger partial charge in [0, 0.05) is 16.3 Å². The van der Waals surface area contributed by atoms with Gasteiger partial charge in [-0.25, -0.2) is 0 Å². The predicted molar refractivity (Wildman–Crippen MR) is 94.0 cm³/mol. The molecule has 20 heavy (non-hydrogen) atoms. The molecule has 0 saturated carbocycles. The molecule has 0 spiro atoms. The van der Waals surface area contributed by atoms with Gasteiger partial charge in [0.15, 0.2) is 0 Å². The van der Waals surface area contributed by atoms with E-state index in [0.717, 1.165) is 34.9 Å². The summed E-state index contributed by atoms with van der Waals surface area (Å²) in [6.45, 7) is 7.72. The van der Waals surface area contributed by atoms with E-state index in [1.807, 2.05) is 17.8 Å². The monoisotopic (exact) mass is 359 g/mol. The summed E-state index contributed by atoms with van der Waals surface area (Å²) in [7, 11) is 1.72. The van der Waals surface area contributed by atoms with Gasteiger partial charge in [0.25, 0.3) is 0 Å². The zero-order valence-corrected chi connectivity index (χ0v) is 15.3. The van der Waals surface area contributed by atoms with Crippen molar-refractivity contribution in [3.8, 4) is 5.75 Å². The van der Waals surface area contributed by atoms with Gasteiger partial charge in [-0.15, -0.1) is 0 Å². The Kier molecular flexibility index (Phi) is 8.66. The van der Waals surface area contributed by atoms with Crippen LogP contribution in [-0.4, -0.2) is 31.2 Å². The third-order valence-electron chi connectivity index (χ3n) is 2.98. The van der Waals surface area contributed by atoms with Crippen LogP contribution in [0.4, 0.5) is 0 Å². The molecule has 0 radical (unpaired) electrons. The van der Waals surface area contributed by atoms with E-state index in [1.54, 1.807) is 7.11 Å². The lowest BCUT2D eigenvalue weighted by Crippen LogP contribution is -2.33. The maximum Gasteiger partial charge on any atom is 0.119 e. The molecular formula is C16H26BrNOS. The summed E-state index contributed by atoms with van der Waals surface area (Å²) in [5, 5.41) is 3.59. The maximum absolute atomic E-state index is 5.32. The quantitative estimate of drug-likeness (QED) is 0.707. The smallest absolute Gasteiger partial charge is 0.119 e. The molecule has 1 unspecified atom stereocenters.